The van der Waals surface area contributed by atoms with Gasteiger partial charge in [0.2, 0.25) is 21.7 Å². The van der Waals surface area contributed by atoms with Gasteiger partial charge in [0.05, 0.1) is 34.0 Å². The normalized spacial score (nSPS) is 18.3. The average molecular weight is 565 g/mol. The van der Waals surface area contributed by atoms with Gasteiger partial charge in [0.25, 0.3) is 0 Å². The maximum Gasteiger partial charge on any atom is 0.406 e. The minimum atomic E-state index is -4.57. The summed E-state index contributed by atoms with van der Waals surface area (Å²) >= 11 is 0. The van der Waals surface area contributed by atoms with Crippen LogP contribution >= 0.6 is 0 Å². The van der Waals surface area contributed by atoms with Crippen molar-refractivity contribution < 1.29 is 30.5 Å². The van der Waals surface area contributed by atoms with Crippen LogP contribution in [0.4, 0.5) is 23.2 Å². The Morgan fingerprint density at radius 2 is 1.92 bits per heavy atom. The van der Waals surface area contributed by atoms with Crippen LogP contribution < -0.4 is 4.72 Å². The Balaban J connectivity index is 1.49. The number of hydrogen-bond donors (Lipinski definition) is 1. The van der Waals surface area contributed by atoms with Crippen molar-refractivity contribution in [1.29, 1.82) is 0 Å². The van der Waals surface area contributed by atoms with E-state index in [9.17, 15) is 26.0 Å². The van der Waals surface area contributed by atoms with Crippen LogP contribution in [0.25, 0.3) is 22.4 Å². The summed E-state index contributed by atoms with van der Waals surface area (Å²) in [6.45, 7) is -0.897. The number of nitrogens with zero attached hydrogens (tertiary/aromatic N) is 5. The third-order valence-corrected chi connectivity index (χ3v) is 7.69. The van der Waals surface area contributed by atoms with Gasteiger partial charge < -0.3 is 14.0 Å². The van der Waals surface area contributed by atoms with Crippen LogP contribution in [0.15, 0.2) is 69.0 Å². The first-order chi connectivity index (χ1) is 18.5. The smallest absolute Gasteiger partial charge is 0.337 e. The van der Waals surface area contributed by atoms with Gasteiger partial charge in [-0.25, -0.2) is 17.5 Å². The van der Waals surface area contributed by atoms with Gasteiger partial charge in [0, 0.05) is 24.9 Å². The Morgan fingerprint density at radius 3 is 2.64 bits per heavy atom. The minimum Gasteiger partial charge on any atom is -0.337 e. The SMILES string of the molecule is CN1CCC(=Nc2cccc3c2cc(-c2noc(CNS(=O)(=O)c4ccccc4)n2)n3CC(F)(F)F)[C@@H](F)C1. The second-order valence-electron chi connectivity index (χ2n) is 9.17. The first kappa shape index (κ1) is 27.0. The number of aromatic nitrogens is 3. The second-order valence-corrected chi connectivity index (χ2v) is 10.9. The summed E-state index contributed by atoms with van der Waals surface area (Å²) in [5, 5.41) is 4.17. The van der Waals surface area contributed by atoms with Crippen molar-refractivity contribution in [3.63, 3.8) is 0 Å². The minimum absolute atomic E-state index is 0.00364. The van der Waals surface area contributed by atoms with Crippen LogP contribution in [-0.4, -0.2) is 66.2 Å². The molecule has 3 heterocycles. The number of rotatable bonds is 7. The van der Waals surface area contributed by atoms with Gasteiger partial charge in [-0.05, 0) is 37.4 Å². The van der Waals surface area contributed by atoms with Crippen LogP contribution in [0.5, 0.6) is 0 Å². The molecule has 0 amide bonds. The number of nitrogens with one attached hydrogen (secondary N) is 1. The molecule has 14 heteroatoms. The van der Waals surface area contributed by atoms with Crippen molar-refractivity contribution in [3.8, 4) is 11.5 Å². The zero-order chi connectivity index (χ0) is 27.8. The summed E-state index contributed by atoms with van der Waals surface area (Å²) in [5.41, 5.74) is 0.870. The van der Waals surface area contributed by atoms with E-state index >= 15 is 0 Å². The molecule has 0 radical (unpaired) electrons. The standard InChI is InChI=1S/C25H24F4N6O3S/c1-34-11-10-20(18(26)14-34)31-19-8-5-9-21-17(19)12-22(35(21)15-25(27,28)29)24-32-23(38-33-24)13-30-39(36,37)16-6-3-2-4-7-16/h2-9,12,18,30H,10-11,13-15H2,1H3/t18-/m0/s1. The van der Waals surface area contributed by atoms with Crippen molar-refractivity contribution in [2.24, 2.45) is 4.99 Å². The summed E-state index contributed by atoms with van der Waals surface area (Å²) in [5.74, 6) is -0.300. The van der Waals surface area contributed by atoms with Gasteiger partial charge in [-0.2, -0.15) is 18.2 Å². The number of likely N-dealkylation sites (tertiary alicyclic amines) is 1. The number of fused-ring (bicyclic) bond motifs is 1. The van der Waals surface area contributed by atoms with E-state index in [1.54, 1.807) is 37.4 Å². The molecule has 2 aromatic heterocycles. The number of alkyl halides is 4. The number of sulfonamides is 1. The van der Waals surface area contributed by atoms with E-state index in [2.05, 4.69) is 19.9 Å². The van der Waals surface area contributed by atoms with Gasteiger partial charge in [-0.3, -0.25) is 4.99 Å². The molecule has 4 aromatic rings. The summed E-state index contributed by atoms with van der Waals surface area (Å²) in [6, 6.07) is 13.8. The Hall–Kier alpha value is -3.62. The highest BCUT2D eigenvalue weighted by Gasteiger charge is 2.31. The van der Waals surface area contributed by atoms with Crippen molar-refractivity contribution in [2.45, 2.75) is 36.8 Å². The van der Waals surface area contributed by atoms with Crippen molar-refractivity contribution in [3.05, 3.63) is 60.5 Å². The monoisotopic (exact) mass is 564 g/mol. The largest absolute Gasteiger partial charge is 0.406 e. The molecule has 1 fully saturated rings. The van der Waals surface area contributed by atoms with Gasteiger partial charge in [0.1, 0.15) is 6.54 Å². The zero-order valence-electron chi connectivity index (χ0n) is 20.7. The lowest BCUT2D eigenvalue weighted by atomic mass is 10.1. The van der Waals surface area contributed by atoms with E-state index in [0.717, 1.165) is 4.57 Å². The molecule has 9 nitrogen and oxygen atoms in total. The lowest BCUT2D eigenvalue weighted by Crippen LogP contribution is -2.39. The Kier molecular flexibility index (Phi) is 7.27. The number of aliphatic imine (C=N–C) groups is 1. The van der Waals surface area contributed by atoms with Crippen molar-refractivity contribution in [1.82, 2.24) is 24.3 Å². The fourth-order valence-electron chi connectivity index (χ4n) is 4.38. The van der Waals surface area contributed by atoms with E-state index < -0.39 is 28.9 Å². The number of halogens is 4. The van der Waals surface area contributed by atoms with E-state index in [1.165, 1.54) is 24.3 Å². The van der Waals surface area contributed by atoms with Gasteiger partial charge in [-0.1, -0.05) is 29.4 Å². The summed E-state index contributed by atoms with van der Waals surface area (Å²) in [6.07, 6.45) is -5.45. The Labute approximate surface area is 221 Å². The fourth-order valence-corrected chi connectivity index (χ4v) is 5.38. The number of hydrogen-bond acceptors (Lipinski definition) is 7. The maximum atomic E-state index is 14.6. The molecule has 39 heavy (non-hydrogen) atoms. The highest BCUT2D eigenvalue weighted by molar-refractivity contribution is 7.89. The van der Waals surface area contributed by atoms with Gasteiger partial charge in [0.15, 0.2) is 6.17 Å². The average Bonchev–Trinajstić information content (AvgIpc) is 3.50. The Morgan fingerprint density at radius 1 is 1.15 bits per heavy atom. The highest BCUT2D eigenvalue weighted by atomic mass is 32.2. The number of piperidine rings is 1. The predicted octanol–water partition coefficient (Wildman–Crippen LogP) is 4.48. The molecule has 206 valence electrons. The molecule has 1 saturated heterocycles. The van der Waals surface area contributed by atoms with Crippen LogP contribution in [0, 0.1) is 0 Å². The molecule has 0 aliphatic carbocycles. The predicted molar refractivity (Wildman–Crippen MR) is 136 cm³/mol. The quantitative estimate of drug-likeness (QED) is 0.332. The zero-order valence-corrected chi connectivity index (χ0v) is 21.5. The molecule has 1 aliphatic heterocycles. The van der Waals surface area contributed by atoms with Crippen molar-refractivity contribution in [2.75, 3.05) is 20.1 Å². The van der Waals surface area contributed by atoms with E-state index in [0.29, 0.717) is 29.8 Å². The third-order valence-electron chi connectivity index (χ3n) is 6.27. The molecule has 1 atom stereocenters. The van der Waals surface area contributed by atoms with E-state index in [-0.39, 0.29) is 40.9 Å². The van der Waals surface area contributed by atoms with Crippen LogP contribution in [-0.2, 0) is 23.1 Å². The highest BCUT2D eigenvalue weighted by Crippen LogP contribution is 2.35. The first-order valence-electron chi connectivity index (χ1n) is 12.0. The van der Waals surface area contributed by atoms with Gasteiger partial charge in [-0.15, -0.1) is 0 Å². The molecular formula is C25H24F4N6O3S. The lowest BCUT2D eigenvalue weighted by molar-refractivity contribution is -0.139. The molecule has 1 N–H and O–H groups in total. The summed E-state index contributed by atoms with van der Waals surface area (Å²) in [4.78, 5) is 10.5. The Bertz CT molecular complexity index is 1620. The van der Waals surface area contributed by atoms with Crippen LogP contribution in [0.2, 0.25) is 0 Å². The molecule has 0 unspecified atom stereocenters. The molecule has 0 spiro atoms. The van der Waals surface area contributed by atoms with E-state index in [1.807, 2.05) is 4.90 Å². The lowest BCUT2D eigenvalue weighted by Gasteiger charge is -2.26. The maximum absolute atomic E-state index is 14.6. The summed E-state index contributed by atoms with van der Waals surface area (Å²) < 4.78 is 88.8. The number of benzene rings is 2. The molecule has 1 aliphatic rings. The summed E-state index contributed by atoms with van der Waals surface area (Å²) in [7, 11) is -2.07. The third kappa shape index (κ3) is 6.02. The molecular weight excluding hydrogens is 540 g/mol. The van der Waals surface area contributed by atoms with Crippen molar-refractivity contribution >= 4 is 32.3 Å². The topological polar surface area (TPSA) is 106 Å². The second kappa shape index (κ2) is 10.5. The molecule has 0 bridgehead atoms. The first-order valence-corrected chi connectivity index (χ1v) is 13.5. The molecule has 5 rings (SSSR count). The van der Waals surface area contributed by atoms with Crippen LogP contribution in [0.1, 0.15) is 12.3 Å². The van der Waals surface area contributed by atoms with E-state index in [4.69, 9.17) is 4.52 Å². The van der Waals surface area contributed by atoms with Gasteiger partial charge >= 0.3 is 6.18 Å². The molecule has 2 aromatic carbocycles. The fraction of sp³-hybridized carbons (Fsp3) is 0.320. The molecule has 0 saturated carbocycles. The van der Waals surface area contributed by atoms with Crippen LogP contribution in [0.3, 0.4) is 0 Å².